The Morgan fingerprint density at radius 2 is 2.25 bits per heavy atom. The third-order valence-electron chi connectivity index (χ3n) is 3.77. The van der Waals surface area contributed by atoms with E-state index in [1.165, 1.54) is 24.3 Å². The Morgan fingerprint density at radius 1 is 1.50 bits per heavy atom. The van der Waals surface area contributed by atoms with Crippen molar-refractivity contribution in [2.24, 2.45) is 11.1 Å². The standard InChI is InChI=1S/C12H21N3S/c1-4-9(13)11-15-14-10(16-11)8-6-5-7-12(8,2)3/h8-9H,4-7,13H2,1-3H3. The Hall–Kier alpha value is -0.480. The van der Waals surface area contributed by atoms with Gasteiger partial charge in [0.1, 0.15) is 10.0 Å². The molecular formula is C12H21N3S. The second-order valence-corrected chi connectivity index (χ2v) is 6.47. The predicted molar refractivity (Wildman–Crippen MR) is 67.5 cm³/mol. The Balaban J connectivity index is 2.19. The quantitative estimate of drug-likeness (QED) is 0.881. The maximum Gasteiger partial charge on any atom is 0.134 e. The number of hydrogen-bond acceptors (Lipinski definition) is 4. The minimum atomic E-state index is 0.0655. The van der Waals surface area contributed by atoms with E-state index in [-0.39, 0.29) is 6.04 Å². The predicted octanol–water partition coefficient (Wildman–Crippen LogP) is 3.24. The van der Waals surface area contributed by atoms with Gasteiger partial charge in [-0.2, -0.15) is 0 Å². The molecule has 4 heteroatoms. The van der Waals surface area contributed by atoms with Crippen molar-refractivity contribution in [1.29, 1.82) is 0 Å². The van der Waals surface area contributed by atoms with Crippen LogP contribution in [0.5, 0.6) is 0 Å². The molecule has 1 aromatic rings. The first kappa shape index (κ1) is 12.0. The zero-order valence-electron chi connectivity index (χ0n) is 10.4. The van der Waals surface area contributed by atoms with Crippen molar-refractivity contribution in [2.75, 3.05) is 0 Å². The van der Waals surface area contributed by atoms with Crippen LogP contribution in [0.15, 0.2) is 0 Å². The third-order valence-corrected chi connectivity index (χ3v) is 4.94. The van der Waals surface area contributed by atoms with Gasteiger partial charge >= 0.3 is 0 Å². The second kappa shape index (κ2) is 4.41. The minimum absolute atomic E-state index is 0.0655. The number of rotatable bonds is 3. The van der Waals surface area contributed by atoms with Crippen molar-refractivity contribution in [3.05, 3.63) is 10.0 Å². The molecule has 0 aromatic carbocycles. The molecule has 1 aromatic heterocycles. The smallest absolute Gasteiger partial charge is 0.134 e. The average molecular weight is 239 g/mol. The molecule has 1 aliphatic carbocycles. The van der Waals surface area contributed by atoms with Gasteiger partial charge in [-0.3, -0.25) is 0 Å². The van der Waals surface area contributed by atoms with E-state index in [4.69, 9.17) is 5.73 Å². The van der Waals surface area contributed by atoms with Crippen LogP contribution in [0.25, 0.3) is 0 Å². The molecule has 1 aliphatic rings. The van der Waals surface area contributed by atoms with Crippen molar-refractivity contribution < 1.29 is 0 Å². The lowest BCUT2D eigenvalue weighted by Gasteiger charge is -2.24. The fourth-order valence-electron chi connectivity index (χ4n) is 2.50. The fraction of sp³-hybridized carbons (Fsp3) is 0.833. The van der Waals surface area contributed by atoms with Crippen LogP contribution >= 0.6 is 11.3 Å². The molecule has 1 heterocycles. The molecule has 0 spiro atoms. The third kappa shape index (κ3) is 2.13. The van der Waals surface area contributed by atoms with E-state index in [9.17, 15) is 0 Å². The summed E-state index contributed by atoms with van der Waals surface area (Å²) in [4.78, 5) is 0. The van der Waals surface area contributed by atoms with Gasteiger partial charge in [-0.05, 0) is 24.7 Å². The van der Waals surface area contributed by atoms with Crippen LogP contribution in [-0.2, 0) is 0 Å². The lowest BCUT2D eigenvalue weighted by atomic mass is 9.82. The van der Waals surface area contributed by atoms with Crippen LogP contribution in [-0.4, -0.2) is 10.2 Å². The average Bonchev–Trinajstić information content (AvgIpc) is 2.82. The summed E-state index contributed by atoms with van der Waals surface area (Å²) in [5.41, 5.74) is 6.36. The van der Waals surface area contributed by atoms with Crippen LogP contribution in [0.1, 0.15) is 68.4 Å². The number of aromatic nitrogens is 2. The molecule has 2 rings (SSSR count). The maximum atomic E-state index is 5.98. The van der Waals surface area contributed by atoms with Gasteiger partial charge in [0, 0.05) is 5.92 Å². The van der Waals surface area contributed by atoms with E-state index in [0.29, 0.717) is 11.3 Å². The van der Waals surface area contributed by atoms with E-state index in [1.54, 1.807) is 11.3 Å². The van der Waals surface area contributed by atoms with Gasteiger partial charge in [-0.15, -0.1) is 10.2 Å². The molecule has 3 nitrogen and oxygen atoms in total. The molecule has 0 amide bonds. The van der Waals surface area contributed by atoms with Gasteiger partial charge in [0.15, 0.2) is 0 Å². The minimum Gasteiger partial charge on any atom is -0.322 e. The SMILES string of the molecule is CCC(N)c1nnc(C2CCCC2(C)C)s1. The topological polar surface area (TPSA) is 51.8 Å². The van der Waals surface area contributed by atoms with E-state index >= 15 is 0 Å². The Labute approximate surface area is 101 Å². The Bertz CT molecular complexity index is 359. The molecule has 2 N–H and O–H groups in total. The summed E-state index contributed by atoms with van der Waals surface area (Å²) in [6, 6.07) is 0.0655. The zero-order valence-corrected chi connectivity index (χ0v) is 11.2. The summed E-state index contributed by atoms with van der Waals surface area (Å²) in [5, 5.41) is 10.8. The van der Waals surface area contributed by atoms with Gasteiger partial charge in [-0.25, -0.2) is 0 Å². The van der Waals surface area contributed by atoms with E-state index in [1.807, 2.05) is 0 Å². The van der Waals surface area contributed by atoms with Crippen LogP contribution in [0, 0.1) is 5.41 Å². The normalized spacial score (nSPS) is 25.9. The second-order valence-electron chi connectivity index (χ2n) is 5.43. The Kier molecular flexibility index (Phi) is 3.31. The van der Waals surface area contributed by atoms with Crippen molar-refractivity contribution in [3.8, 4) is 0 Å². The van der Waals surface area contributed by atoms with Gasteiger partial charge in [-0.1, -0.05) is 38.5 Å². The Morgan fingerprint density at radius 3 is 2.81 bits per heavy atom. The highest BCUT2D eigenvalue weighted by Crippen LogP contribution is 2.49. The molecule has 1 fully saturated rings. The molecule has 0 aliphatic heterocycles. The van der Waals surface area contributed by atoms with Crippen LogP contribution in [0.3, 0.4) is 0 Å². The molecule has 90 valence electrons. The maximum absolute atomic E-state index is 5.98. The monoisotopic (exact) mass is 239 g/mol. The number of hydrogen-bond donors (Lipinski definition) is 1. The molecular weight excluding hydrogens is 218 g/mol. The zero-order chi connectivity index (χ0) is 11.8. The van der Waals surface area contributed by atoms with Crippen molar-refractivity contribution in [3.63, 3.8) is 0 Å². The lowest BCUT2D eigenvalue weighted by Crippen LogP contribution is -2.15. The van der Waals surface area contributed by atoms with E-state index < -0.39 is 0 Å². The summed E-state index contributed by atoms with van der Waals surface area (Å²) < 4.78 is 0. The molecule has 16 heavy (non-hydrogen) atoms. The first-order valence-corrected chi connectivity index (χ1v) is 6.95. The van der Waals surface area contributed by atoms with Gasteiger partial charge in [0.05, 0.1) is 6.04 Å². The van der Waals surface area contributed by atoms with Gasteiger partial charge < -0.3 is 5.73 Å². The van der Waals surface area contributed by atoms with Gasteiger partial charge in [0.25, 0.3) is 0 Å². The summed E-state index contributed by atoms with van der Waals surface area (Å²) >= 11 is 1.72. The van der Waals surface area contributed by atoms with Crippen LogP contribution in [0.2, 0.25) is 0 Å². The molecule has 0 saturated heterocycles. The van der Waals surface area contributed by atoms with Crippen LogP contribution < -0.4 is 5.73 Å². The number of nitrogens with two attached hydrogens (primary N) is 1. The van der Waals surface area contributed by atoms with Crippen molar-refractivity contribution in [2.45, 2.75) is 58.4 Å². The molecule has 2 atom stereocenters. The highest BCUT2D eigenvalue weighted by atomic mass is 32.1. The van der Waals surface area contributed by atoms with Crippen molar-refractivity contribution in [1.82, 2.24) is 10.2 Å². The molecule has 0 radical (unpaired) electrons. The van der Waals surface area contributed by atoms with Crippen LogP contribution in [0.4, 0.5) is 0 Å². The summed E-state index contributed by atoms with van der Waals surface area (Å²) in [5.74, 6) is 0.586. The summed E-state index contributed by atoms with van der Waals surface area (Å²) in [6.45, 7) is 6.77. The first-order valence-electron chi connectivity index (χ1n) is 6.13. The van der Waals surface area contributed by atoms with E-state index in [0.717, 1.165) is 11.4 Å². The van der Waals surface area contributed by atoms with Crippen molar-refractivity contribution >= 4 is 11.3 Å². The first-order chi connectivity index (χ1) is 7.54. The van der Waals surface area contributed by atoms with E-state index in [2.05, 4.69) is 31.0 Å². The largest absolute Gasteiger partial charge is 0.322 e. The molecule has 0 bridgehead atoms. The van der Waals surface area contributed by atoms with Gasteiger partial charge in [0.2, 0.25) is 0 Å². The summed E-state index contributed by atoms with van der Waals surface area (Å²) in [7, 11) is 0. The fourth-order valence-corrected chi connectivity index (χ4v) is 3.77. The lowest BCUT2D eigenvalue weighted by molar-refractivity contribution is 0.330. The number of nitrogens with zero attached hydrogens (tertiary/aromatic N) is 2. The molecule has 2 unspecified atom stereocenters. The summed E-state index contributed by atoms with van der Waals surface area (Å²) in [6.07, 6.45) is 4.80. The highest BCUT2D eigenvalue weighted by molar-refractivity contribution is 7.11. The molecule has 1 saturated carbocycles. The highest BCUT2D eigenvalue weighted by Gasteiger charge is 2.37.